The molecule has 0 unspecified atom stereocenters. The summed E-state index contributed by atoms with van der Waals surface area (Å²) in [6, 6.07) is 13.6. The molecule has 0 aromatic heterocycles. The lowest BCUT2D eigenvalue weighted by Crippen LogP contribution is -2.11. The fourth-order valence-corrected chi connectivity index (χ4v) is 2.38. The Kier molecular flexibility index (Phi) is 4.20. The lowest BCUT2D eigenvalue weighted by Gasteiger charge is -2.06. The highest BCUT2D eigenvalue weighted by atomic mass is 79.9. The summed E-state index contributed by atoms with van der Waals surface area (Å²) in [6.45, 7) is 0. The molecule has 0 saturated carbocycles. The first-order valence-corrected chi connectivity index (χ1v) is 6.53. The minimum Gasteiger partial charge on any atom is -0.322 e. The molecule has 0 aliphatic rings. The minimum absolute atomic E-state index is 0.257. The Morgan fingerprint density at radius 2 is 1.89 bits per heavy atom. The second-order valence-electron chi connectivity index (χ2n) is 3.80. The molecule has 3 nitrogen and oxygen atoms in total. The molecule has 1 amide bonds. The van der Waals surface area contributed by atoms with Crippen molar-refractivity contribution in [3.63, 3.8) is 0 Å². The van der Waals surface area contributed by atoms with Crippen molar-refractivity contribution in [1.29, 1.82) is 5.26 Å². The van der Waals surface area contributed by atoms with Gasteiger partial charge in [-0.2, -0.15) is 5.26 Å². The van der Waals surface area contributed by atoms with Crippen LogP contribution in [-0.2, 0) is 0 Å². The van der Waals surface area contributed by atoms with Gasteiger partial charge in [0.2, 0.25) is 0 Å². The first kappa shape index (κ1) is 13.6. The van der Waals surface area contributed by atoms with Gasteiger partial charge in [0.05, 0.1) is 11.6 Å². The highest BCUT2D eigenvalue weighted by Crippen LogP contribution is 2.20. The van der Waals surface area contributed by atoms with E-state index in [9.17, 15) is 4.79 Å². The number of anilines is 1. The van der Waals surface area contributed by atoms with Crippen molar-refractivity contribution in [2.24, 2.45) is 0 Å². The van der Waals surface area contributed by atoms with Gasteiger partial charge in [0.15, 0.2) is 0 Å². The van der Waals surface area contributed by atoms with Gasteiger partial charge in [0, 0.05) is 20.7 Å². The lowest BCUT2D eigenvalue weighted by molar-refractivity contribution is 0.102. The van der Waals surface area contributed by atoms with E-state index in [1.807, 2.05) is 6.07 Å². The van der Waals surface area contributed by atoms with Crippen molar-refractivity contribution in [2.45, 2.75) is 0 Å². The van der Waals surface area contributed by atoms with Crippen molar-refractivity contribution in [2.75, 3.05) is 5.32 Å². The number of hydrogen-bond donors (Lipinski definition) is 1. The van der Waals surface area contributed by atoms with E-state index in [0.717, 1.165) is 4.47 Å². The second kappa shape index (κ2) is 5.87. The predicted molar refractivity (Wildman–Crippen MR) is 78.3 cm³/mol. The molecule has 0 aliphatic heterocycles. The van der Waals surface area contributed by atoms with Gasteiger partial charge in [-0.1, -0.05) is 27.5 Å². The second-order valence-corrected chi connectivity index (χ2v) is 5.15. The monoisotopic (exact) mass is 334 g/mol. The number of benzene rings is 2. The highest BCUT2D eigenvalue weighted by molar-refractivity contribution is 9.10. The van der Waals surface area contributed by atoms with E-state index in [2.05, 4.69) is 21.2 Å². The molecule has 0 bridgehead atoms. The highest BCUT2D eigenvalue weighted by Gasteiger charge is 2.08. The van der Waals surface area contributed by atoms with Crippen LogP contribution in [0.2, 0.25) is 5.02 Å². The Bertz CT molecular complexity index is 642. The van der Waals surface area contributed by atoms with Gasteiger partial charge >= 0.3 is 0 Å². The number of carbonyl (C=O) groups is 1. The van der Waals surface area contributed by atoms with E-state index in [1.54, 1.807) is 42.5 Å². The van der Waals surface area contributed by atoms with Gasteiger partial charge in [-0.25, -0.2) is 0 Å². The minimum atomic E-state index is -0.257. The molecule has 0 fully saturated rings. The zero-order valence-electron chi connectivity index (χ0n) is 9.65. The topological polar surface area (TPSA) is 52.9 Å². The van der Waals surface area contributed by atoms with Crippen LogP contribution in [0.4, 0.5) is 5.69 Å². The number of nitrogens with zero attached hydrogens (tertiary/aromatic N) is 1. The van der Waals surface area contributed by atoms with Crippen molar-refractivity contribution in [3.8, 4) is 6.07 Å². The summed E-state index contributed by atoms with van der Waals surface area (Å²) in [5, 5.41) is 11.9. The third kappa shape index (κ3) is 3.57. The van der Waals surface area contributed by atoms with E-state index < -0.39 is 0 Å². The molecular formula is C14H8BrClN2O. The summed E-state index contributed by atoms with van der Waals surface area (Å²) in [7, 11) is 0. The molecule has 94 valence electrons. The van der Waals surface area contributed by atoms with Crippen molar-refractivity contribution in [1.82, 2.24) is 0 Å². The van der Waals surface area contributed by atoms with Crippen LogP contribution in [-0.4, -0.2) is 5.91 Å². The molecule has 0 radical (unpaired) electrons. The van der Waals surface area contributed by atoms with Crippen molar-refractivity contribution >= 4 is 39.1 Å². The van der Waals surface area contributed by atoms with E-state index in [1.165, 1.54) is 0 Å². The van der Waals surface area contributed by atoms with Crippen LogP contribution < -0.4 is 5.32 Å². The molecular weight excluding hydrogens is 328 g/mol. The van der Waals surface area contributed by atoms with Crippen LogP contribution in [0.3, 0.4) is 0 Å². The number of amides is 1. The normalized spacial score (nSPS) is 9.74. The summed E-state index contributed by atoms with van der Waals surface area (Å²) in [6.07, 6.45) is 0. The molecule has 19 heavy (non-hydrogen) atoms. The van der Waals surface area contributed by atoms with E-state index in [-0.39, 0.29) is 5.91 Å². The molecule has 2 aromatic rings. The zero-order chi connectivity index (χ0) is 13.8. The van der Waals surface area contributed by atoms with E-state index >= 15 is 0 Å². The van der Waals surface area contributed by atoms with Crippen LogP contribution in [0.25, 0.3) is 0 Å². The molecule has 1 N–H and O–H groups in total. The first-order chi connectivity index (χ1) is 9.08. The van der Waals surface area contributed by atoms with Gasteiger partial charge in [-0.3, -0.25) is 4.79 Å². The fraction of sp³-hybridized carbons (Fsp3) is 0. The standard InChI is InChI=1S/C14H8BrClN2O/c15-11-5-10(6-12(16)7-11)14(19)18-13-3-1-9(8-17)2-4-13/h1-7H,(H,18,19). The quantitative estimate of drug-likeness (QED) is 0.893. The van der Waals surface area contributed by atoms with Gasteiger partial charge in [0.1, 0.15) is 0 Å². The van der Waals surface area contributed by atoms with Gasteiger partial charge in [0.25, 0.3) is 5.91 Å². The summed E-state index contributed by atoms with van der Waals surface area (Å²) in [5.41, 5.74) is 1.63. The molecule has 5 heteroatoms. The van der Waals surface area contributed by atoms with Crippen LogP contribution >= 0.6 is 27.5 Å². The predicted octanol–water partition coefficient (Wildman–Crippen LogP) is 4.23. The number of halogens is 2. The number of nitrogens with one attached hydrogen (secondary N) is 1. The largest absolute Gasteiger partial charge is 0.322 e. The molecule has 0 spiro atoms. The first-order valence-electron chi connectivity index (χ1n) is 5.36. The molecule has 0 aliphatic carbocycles. The van der Waals surface area contributed by atoms with E-state index in [4.69, 9.17) is 16.9 Å². The molecule has 0 saturated heterocycles. The number of carbonyl (C=O) groups excluding carboxylic acids is 1. The number of hydrogen-bond acceptors (Lipinski definition) is 2. The van der Waals surface area contributed by atoms with Crippen LogP contribution in [0.15, 0.2) is 46.9 Å². The van der Waals surface area contributed by atoms with E-state index in [0.29, 0.717) is 21.8 Å². The summed E-state index contributed by atoms with van der Waals surface area (Å²) >= 11 is 9.18. The molecule has 2 aromatic carbocycles. The van der Waals surface area contributed by atoms with Gasteiger partial charge in [-0.15, -0.1) is 0 Å². The van der Waals surface area contributed by atoms with Crippen molar-refractivity contribution in [3.05, 3.63) is 63.1 Å². The Hall–Kier alpha value is -1.83. The Balaban J connectivity index is 2.18. The molecule has 2 rings (SSSR count). The Morgan fingerprint density at radius 3 is 2.47 bits per heavy atom. The van der Waals surface area contributed by atoms with Crippen LogP contribution in [0, 0.1) is 11.3 Å². The smallest absolute Gasteiger partial charge is 0.255 e. The number of rotatable bonds is 2. The summed E-state index contributed by atoms with van der Waals surface area (Å²) in [4.78, 5) is 12.0. The van der Waals surface area contributed by atoms with Crippen LogP contribution in [0.1, 0.15) is 15.9 Å². The van der Waals surface area contributed by atoms with Gasteiger partial charge < -0.3 is 5.32 Å². The maximum absolute atomic E-state index is 12.0. The average molecular weight is 336 g/mol. The lowest BCUT2D eigenvalue weighted by atomic mass is 10.2. The summed E-state index contributed by atoms with van der Waals surface area (Å²) in [5.74, 6) is -0.257. The molecule has 0 atom stereocenters. The Labute approximate surface area is 123 Å². The molecule has 0 heterocycles. The third-order valence-corrected chi connectivity index (χ3v) is 3.07. The maximum atomic E-state index is 12.0. The zero-order valence-corrected chi connectivity index (χ0v) is 12.0. The fourth-order valence-electron chi connectivity index (χ4n) is 1.52. The van der Waals surface area contributed by atoms with Gasteiger partial charge in [-0.05, 0) is 42.5 Å². The summed E-state index contributed by atoms with van der Waals surface area (Å²) < 4.78 is 0.741. The maximum Gasteiger partial charge on any atom is 0.255 e. The Morgan fingerprint density at radius 1 is 1.21 bits per heavy atom. The van der Waals surface area contributed by atoms with Crippen LogP contribution in [0.5, 0.6) is 0 Å². The third-order valence-electron chi connectivity index (χ3n) is 2.40. The average Bonchev–Trinajstić information content (AvgIpc) is 2.38. The number of nitriles is 1. The SMILES string of the molecule is N#Cc1ccc(NC(=O)c2cc(Cl)cc(Br)c2)cc1. The van der Waals surface area contributed by atoms with Crippen molar-refractivity contribution < 1.29 is 4.79 Å².